The van der Waals surface area contributed by atoms with Crippen molar-refractivity contribution in [1.29, 1.82) is 0 Å². The van der Waals surface area contributed by atoms with Crippen molar-refractivity contribution in [2.45, 2.75) is 19.8 Å². The van der Waals surface area contributed by atoms with E-state index in [0.29, 0.717) is 11.9 Å². The van der Waals surface area contributed by atoms with E-state index in [9.17, 15) is 4.79 Å². The third-order valence-electron chi connectivity index (χ3n) is 4.97. The van der Waals surface area contributed by atoms with Gasteiger partial charge < -0.3 is 9.88 Å². The van der Waals surface area contributed by atoms with Crippen molar-refractivity contribution >= 4 is 16.7 Å². The van der Waals surface area contributed by atoms with Crippen LogP contribution in [0.25, 0.3) is 22.2 Å². The summed E-state index contributed by atoms with van der Waals surface area (Å²) in [7, 11) is 1.71. The monoisotopic (exact) mass is 386 g/mol. The Kier molecular flexibility index (Phi) is 5.03. The van der Waals surface area contributed by atoms with E-state index in [-0.39, 0.29) is 11.5 Å². The summed E-state index contributed by atoms with van der Waals surface area (Å²) in [4.78, 5) is 29.8. The summed E-state index contributed by atoms with van der Waals surface area (Å²) in [5.41, 5.74) is 4.47. The number of hydrogen-bond acceptors (Lipinski definition) is 6. The second-order valence-corrected chi connectivity index (χ2v) is 7.16. The molecule has 0 radical (unpaired) electrons. The molecule has 3 heterocycles. The highest BCUT2D eigenvalue weighted by Gasteiger charge is 2.13. The van der Waals surface area contributed by atoms with E-state index in [4.69, 9.17) is 0 Å². The maximum absolute atomic E-state index is 12.4. The van der Waals surface area contributed by atoms with Crippen molar-refractivity contribution < 1.29 is 0 Å². The van der Waals surface area contributed by atoms with Gasteiger partial charge in [-0.15, -0.1) is 0 Å². The minimum Gasteiger partial charge on any atom is -0.369 e. The molecule has 0 unspecified atom stereocenters. The lowest BCUT2D eigenvalue weighted by atomic mass is 9.98. The SMILES string of the molecule is Cc1ccc(-c2cc(NC[C@@H](C)c3cccc4c(=O)n(C)cnc34)ncn2)cn1. The Labute approximate surface area is 168 Å². The summed E-state index contributed by atoms with van der Waals surface area (Å²) >= 11 is 0. The van der Waals surface area contributed by atoms with Gasteiger partial charge in [-0.25, -0.2) is 15.0 Å². The molecule has 0 amide bonds. The Morgan fingerprint density at radius 2 is 1.97 bits per heavy atom. The predicted molar refractivity (Wildman–Crippen MR) is 114 cm³/mol. The molecule has 1 N–H and O–H groups in total. The molecular formula is C22H22N6O. The molecule has 0 fully saturated rings. The van der Waals surface area contributed by atoms with Crippen LogP contribution in [-0.2, 0) is 7.05 Å². The lowest BCUT2D eigenvalue weighted by Gasteiger charge is -2.15. The quantitative estimate of drug-likeness (QED) is 0.566. The molecule has 0 aliphatic rings. The van der Waals surface area contributed by atoms with Gasteiger partial charge in [-0.3, -0.25) is 9.78 Å². The molecule has 0 saturated carbocycles. The van der Waals surface area contributed by atoms with E-state index >= 15 is 0 Å². The zero-order chi connectivity index (χ0) is 20.4. The third-order valence-corrected chi connectivity index (χ3v) is 4.97. The average Bonchev–Trinajstić information content (AvgIpc) is 2.75. The molecule has 4 aromatic rings. The number of fused-ring (bicyclic) bond motifs is 1. The highest BCUT2D eigenvalue weighted by atomic mass is 16.1. The largest absolute Gasteiger partial charge is 0.369 e. The molecule has 0 aliphatic carbocycles. The van der Waals surface area contributed by atoms with E-state index in [2.05, 4.69) is 32.2 Å². The van der Waals surface area contributed by atoms with Gasteiger partial charge in [0.2, 0.25) is 0 Å². The van der Waals surface area contributed by atoms with Crippen LogP contribution in [0.5, 0.6) is 0 Å². The first kappa shape index (κ1) is 18.7. The number of hydrogen-bond donors (Lipinski definition) is 1. The fourth-order valence-corrected chi connectivity index (χ4v) is 3.26. The Morgan fingerprint density at radius 1 is 1.10 bits per heavy atom. The normalized spacial score (nSPS) is 12.1. The van der Waals surface area contributed by atoms with E-state index in [1.54, 1.807) is 19.7 Å². The van der Waals surface area contributed by atoms with E-state index in [1.165, 1.54) is 4.57 Å². The van der Waals surface area contributed by atoms with E-state index in [1.807, 2.05) is 49.5 Å². The third kappa shape index (κ3) is 3.85. The summed E-state index contributed by atoms with van der Waals surface area (Å²) in [6.07, 6.45) is 4.93. The first-order valence-corrected chi connectivity index (χ1v) is 9.46. The molecular weight excluding hydrogens is 364 g/mol. The number of pyridine rings is 1. The van der Waals surface area contributed by atoms with Crippen LogP contribution in [-0.4, -0.2) is 31.0 Å². The molecule has 4 rings (SSSR count). The second kappa shape index (κ2) is 7.79. The highest BCUT2D eigenvalue weighted by molar-refractivity contribution is 5.81. The molecule has 0 bridgehead atoms. The fraction of sp³-hybridized carbons (Fsp3) is 0.227. The highest BCUT2D eigenvalue weighted by Crippen LogP contribution is 2.23. The van der Waals surface area contributed by atoms with Gasteiger partial charge in [0.1, 0.15) is 12.1 Å². The Balaban J connectivity index is 1.55. The lowest BCUT2D eigenvalue weighted by molar-refractivity contribution is 0.798. The van der Waals surface area contributed by atoms with Gasteiger partial charge in [-0.05, 0) is 30.7 Å². The van der Waals surface area contributed by atoms with E-state index in [0.717, 1.165) is 33.8 Å². The summed E-state index contributed by atoms with van der Waals surface area (Å²) < 4.78 is 1.50. The Hall–Kier alpha value is -3.61. The summed E-state index contributed by atoms with van der Waals surface area (Å²) in [5, 5.41) is 4.01. The van der Waals surface area contributed by atoms with Gasteiger partial charge in [-0.1, -0.05) is 19.1 Å². The molecule has 1 aromatic carbocycles. The van der Waals surface area contributed by atoms with Gasteiger partial charge in [-0.2, -0.15) is 0 Å². The van der Waals surface area contributed by atoms with Crippen LogP contribution in [0.4, 0.5) is 5.82 Å². The molecule has 29 heavy (non-hydrogen) atoms. The van der Waals surface area contributed by atoms with Gasteiger partial charge in [0, 0.05) is 43.0 Å². The number of aromatic nitrogens is 5. The van der Waals surface area contributed by atoms with Crippen molar-refractivity contribution in [3.8, 4) is 11.3 Å². The Bertz CT molecular complexity index is 1220. The smallest absolute Gasteiger partial charge is 0.260 e. The lowest BCUT2D eigenvalue weighted by Crippen LogP contribution is -2.18. The van der Waals surface area contributed by atoms with Gasteiger partial charge in [0.05, 0.1) is 22.9 Å². The first-order valence-electron chi connectivity index (χ1n) is 9.46. The first-order chi connectivity index (χ1) is 14.0. The average molecular weight is 386 g/mol. The topological polar surface area (TPSA) is 85.6 Å². The standard InChI is InChI=1S/C22H22N6O/c1-14(17-5-4-6-18-21(17)27-13-28(3)22(18)29)10-24-20-9-19(25-12-26-20)16-8-7-15(2)23-11-16/h4-9,11-14H,10H2,1-3H3,(H,24,25,26)/t14-/m1/s1. The molecule has 0 spiro atoms. The maximum Gasteiger partial charge on any atom is 0.260 e. The van der Waals surface area contributed by atoms with Crippen LogP contribution in [0, 0.1) is 6.92 Å². The van der Waals surface area contributed by atoms with Crippen LogP contribution in [0.15, 0.2) is 60.0 Å². The van der Waals surface area contributed by atoms with Gasteiger partial charge in [0.15, 0.2) is 0 Å². The molecule has 0 aliphatic heterocycles. The summed E-state index contributed by atoms with van der Waals surface area (Å²) in [6, 6.07) is 11.6. The second-order valence-electron chi connectivity index (χ2n) is 7.16. The number of benzene rings is 1. The van der Waals surface area contributed by atoms with Gasteiger partial charge in [0.25, 0.3) is 5.56 Å². The Morgan fingerprint density at radius 3 is 2.76 bits per heavy atom. The van der Waals surface area contributed by atoms with Crippen molar-refractivity contribution in [3.05, 3.63) is 76.9 Å². The van der Waals surface area contributed by atoms with Crippen molar-refractivity contribution in [2.75, 3.05) is 11.9 Å². The molecule has 7 heteroatoms. The number of anilines is 1. The van der Waals surface area contributed by atoms with E-state index < -0.39 is 0 Å². The van der Waals surface area contributed by atoms with Crippen LogP contribution < -0.4 is 10.9 Å². The predicted octanol–water partition coefficient (Wildman–Crippen LogP) is 3.31. The van der Waals surface area contributed by atoms with Crippen LogP contribution >= 0.6 is 0 Å². The number of aryl methyl sites for hydroxylation is 2. The number of rotatable bonds is 5. The number of para-hydroxylation sites is 1. The zero-order valence-corrected chi connectivity index (χ0v) is 16.6. The van der Waals surface area contributed by atoms with Gasteiger partial charge >= 0.3 is 0 Å². The molecule has 7 nitrogen and oxygen atoms in total. The fourth-order valence-electron chi connectivity index (χ4n) is 3.26. The molecule has 146 valence electrons. The maximum atomic E-state index is 12.4. The minimum atomic E-state index is -0.0378. The summed E-state index contributed by atoms with van der Waals surface area (Å²) in [6.45, 7) is 4.71. The van der Waals surface area contributed by atoms with Crippen LogP contribution in [0.1, 0.15) is 24.1 Å². The van der Waals surface area contributed by atoms with Crippen molar-refractivity contribution in [3.63, 3.8) is 0 Å². The number of nitrogens with zero attached hydrogens (tertiary/aromatic N) is 5. The van der Waals surface area contributed by atoms with Crippen LogP contribution in [0.3, 0.4) is 0 Å². The van der Waals surface area contributed by atoms with Crippen LogP contribution in [0.2, 0.25) is 0 Å². The van der Waals surface area contributed by atoms with Crippen molar-refractivity contribution in [1.82, 2.24) is 24.5 Å². The molecule has 3 aromatic heterocycles. The minimum absolute atomic E-state index is 0.0378. The zero-order valence-electron chi connectivity index (χ0n) is 16.6. The van der Waals surface area contributed by atoms with Crippen molar-refractivity contribution in [2.24, 2.45) is 7.05 Å². The number of nitrogens with one attached hydrogen (secondary N) is 1. The summed E-state index contributed by atoms with van der Waals surface area (Å²) in [5.74, 6) is 0.879. The molecule has 1 atom stereocenters. The molecule has 0 saturated heterocycles.